The van der Waals surface area contributed by atoms with Gasteiger partial charge in [-0.05, 0) is 24.6 Å². The molecule has 0 aliphatic carbocycles. The Morgan fingerprint density at radius 1 is 1.35 bits per heavy atom. The summed E-state index contributed by atoms with van der Waals surface area (Å²) in [5, 5.41) is 14.4. The second-order valence-corrected chi connectivity index (χ2v) is 4.43. The van der Waals surface area contributed by atoms with Crippen LogP contribution in [0.1, 0.15) is 5.56 Å². The molecule has 0 amide bonds. The Bertz CT molecular complexity index is 642. The number of aromatic nitrogens is 1. The van der Waals surface area contributed by atoms with E-state index in [-0.39, 0.29) is 11.5 Å². The first-order chi connectivity index (χ1) is 9.52. The zero-order valence-electron chi connectivity index (χ0n) is 10.6. The van der Waals surface area contributed by atoms with Crippen molar-refractivity contribution in [1.29, 1.82) is 0 Å². The van der Waals surface area contributed by atoms with Gasteiger partial charge in [0.1, 0.15) is 5.82 Å². The number of nitrogens with two attached hydrogens (primary N) is 1. The summed E-state index contributed by atoms with van der Waals surface area (Å²) in [6.07, 6.45) is 0. The third-order valence-electron chi connectivity index (χ3n) is 2.68. The van der Waals surface area contributed by atoms with Crippen molar-refractivity contribution in [2.75, 3.05) is 10.7 Å². The van der Waals surface area contributed by atoms with Crippen molar-refractivity contribution >= 4 is 34.6 Å². The van der Waals surface area contributed by atoms with E-state index in [1.54, 1.807) is 12.1 Å². The number of nitrogens with zero attached hydrogens (tertiary/aromatic N) is 2. The first kappa shape index (κ1) is 14.0. The summed E-state index contributed by atoms with van der Waals surface area (Å²) >= 11 is 6.08. The number of hydrogen-bond acceptors (Lipinski definition) is 6. The Hall–Kier alpha value is -2.38. The molecule has 0 aliphatic heterocycles. The van der Waals surface area contributed by atoms with E-state index in [2.05, 4.69) is 15.7 Å². The second kappa shape index (κ2) is 5.72. The third-order valence-corrected chi connectivity index (χ3v) is 3.00. The van der Waals surface area contributed by atoms with Crippen LogP contribution in [0.4, 0.5) is 23.0 Å². The van der Waals surface area contributed by atoms with Crippen molar-refractivity contribution in [3.05, 3.63) is 51.0 Å². The highest BCUT2D eigenvalue weighted by molar-refractivity contribution is 6.33. The highest BCUT2D eigenvalue weighted by Crippen LogP contribution is 2.32. The van der Waals surface area contributed by atoms with Crippen LogP contribution >= 0.6 is 11.6 Å². The summed E-state index contributed by atoms with van der Waals surface area (Å²) < 4.78 is 0. The first-order valence-electron chi connectivity index (χ1n) is 5.67. The van der Waals surface area contributed by atoms with Crippen molar-refractivity contribution < 1.29 is 4.92 Å². The topological polar surface area (TPSA) is 106 Å². The van der Waals surface area contributed by atoms with E-state index in [0.29, 0.717) is 16.5 Å². The number of nitrogens with one attached hydrogen (secondary N) is 2. The normalized spacial score (nSPS) is 10.2. The number of pyridine rings is 1. The van der Waals surface area contributed by atoms with Gasteiger partial charge in [-0.1, -0.05) is 23.7 Å². The molecular formula is C12H12ClN5O2. The smallest absolute Gasteiger partial charge is 0.311 e. The van der Waals surface area contributed by atoms with Gasteiger partial charge < -0.3 is 10.7 Å². The number of aryl methyl sites for hydroxylation is 1. The highest BCUT2D eigenvalue weighted by atomic mass is 35.5. The molecule has 0 fully saturated rings. The van der Waals surface area contributed by atoms with Crippen LogP contribution in [-0.2, 0) is 0 Å². The zero-order valence-corrected chi connectivity index (χ0v) is 11.3. The quantitative estimate of drug-likeness (QED) is 0.454. The standard InChI is InChI=1S/C12H12ClN5O2/c1-7-3-2-4-8(13)11(7)16-12-9(18(19)20)5-6-10(15-12)17-14/h2-6H,14H2,1H3,(H2,15,16,17). The van der Waals surface area contributed by atoms with E-state index >= 15 is 0 Å². The lowest BCUT2D eigenvalue weighted by atomic mass is 10.2. The van der Waals surface area contributed by atoms with Crippen LogP contribution in [0.5, 0.6) is 0 Å². The van der Waals surface area contributed by atoms with Crippen LogP contribution in [0.2, 0.25) is 5.02 Å². The van der Waals surface area contributed by atoms with E-state index in [0.717, 1.165) is 5.56 Å². The molecule has 2 rings (SSSR count). The van der Waals surface area contributed by atoms with Gasteiger partial charge >= 0.3 is 5.69 Å². The first-order valence-corrected chi connectivity index (χ1v) is 6.05. The Labute approximate surface area is 119 Å². The molecule has 1 aromatic carbocycles. The Balaban J connectivity index is 2.49. The maximum atomic E-state index is 11.0. The lowest BCUT2D eigenvalue weighted by molar-refractivity contribution is -0.384. The molecular weight excluding hydrogens is 282 g/mol. The van der Waals surface area contributed by atoms with Gasteiger partial charge in [-0.3, -0.25) is 10.1 Å². The van der Waals surface area contributed by atoms with Gasteiger partial charge in [0.05, 0.1) is 15.6 Å². The second-order valence-electron chi connectivity index (χ2n) is 4.02. The van der Waals surface area contributed by atoms with Crippen LogP contribution in [-0.4, -0.2) is 9.91 Å². The molecule has 104 valence electrons. The molecule has 0 bridgehead atoms. The predicted octanol–water partition coefficient (Wildman–Crippen LogP) is 2.98. The van der Waals surface area contributed by atoms with Gasteiger partial charge in [0.15, 0.2) is 0 Å². The maximum absolute atomic E-state index is 11.0. The van der Waals surface area contributed by atoms with E-state index in [9.17, 15) is 10.1 Å². The molecule has 2 aromatic rings. The molecule has 20 heavy (non-hydrogen) atoms. The Morgan fingerprint density at radius 2 is 2.10 bits per heavy atom. The lowest BCUT2D eigenvalue weighted by Gasteiger charge is -2.11. The minimum Gasteiger partial charge on any atom is -0.333 e. The number of para-hydroxylation sites is 1. The molecule has 0 saturated heterocycles. The molecule has 8 heteroatoms. The summed E-state index contributed by atoms with van der Waals surface area (Å²) in [6, 6.07) is 8.06. The molecule has 0 saturated carbocycles. The van der Waals surface area contributed by atoms with Crippen molar-refractivity contribution in [1.82, 2.24) is 4.98 Å². The van der Waals surface area contributed by atoms with Gasteiger partial charge in [0.2, 0.25) is 5.82 Å². The number of nitro groups is 1. The fourth-order valence-corrected chi connectivity index (χ4v) is 1.95. The average molecular weight is 294 g/mol. The molecule has 0 unspecified atom stereocenters. The molecule has 1 aromatic heterocycles. The van der Waals surface area contributed by atoms with Crippen molar-refractivity contribution in [2.45, 2.75) is 6.92 Å². The van der Waals surface area contributed by atoms with E-state index in [1.807, 2.05) is 13.0 Å². The SMILES string of the molecule is Cc1cccc(Cl)c1Nc1nc(NN)ccc1[N+](=O)[O-]. The van der Waals surface area contributed by atoms with Gasteiger partial charge in [-0.15, -0.1) is 0 Å². The molecule has 7 nitrogen and oxygen atoms in total. The van der Waals surface area contributed by atoms with Crippen LogP contribution in [0, 0.1) is 17.0 Å². The van der Waals surface area contributed by atoms with E-state index in [4.69, 9.17) is 17.4 Å². The van der Waals surface area contributed by atoms with Gasteiger partial charge in [0, 0.05) is 6.07 Å². The van der Waals surface area contributed by atoms with Gasteiger partial charge in [-0.25, -0.2) is 10.8 Å². The van der Waals surface area contributed by atoms with Crippen LogP contribution in [0.25, 0.3) is 0 Å². The molecule has 0 aliphatic rings. The molecule has 1 heterocycles. The van der Waals surface area contributed by atoms with Crippen molar-refractivity contribution in [2.24, 2.45) is 5.84 Å². The summed E-state index contributed by atoms with van der Waals surface area (Å²) in [5.74, 6) is 5.64. The largest absolute Gasteiger partial charge is 0.333 e. The molecule has 0 spiro atoms. The van der Waals surface area contributed by atoms with Crippen LogP contribution in [0.15, 0.2) is 30.3 Å². The zero-order chi connectivity index (χ0) is 14.7. The summed E-state index contributed by atoms with van der Waals surface area (Å²) in [7, 11) is 0. The van der Waals surface area contributed by atoms with E-state index < -0.39 is 4.92 Å². The molecule has 0 radical (unpaired) electrons. The van der Waals surface area contributed by atoms with Crippen LogP contribution in [0.3, 0.4) is 0 Å². The fraction of sp³-hybridized carbons (Fsp3) is 0.0833. The summed E-state index contributed by atoms with van der Waals surface area (Å²) in [5.41, 5.74) is 3.59. The van der Waals surface area contributed by atoms with Gasteiger partial charge in [-0.2, -0.15) is 0 Å². The predicted molar refractivity (Wildman–Crippen MR) is 78.2 cm³/mol. The fourth-order valence-electron chi connectivity index (χ4n) is 1.68. The number of hydrazine groups is 1. The number of rotatable bonds is 4. The van der Waals surface area contributed by atoms with Crippen LogP contribution < -0.4 is 16.6 Å². The maximum Gasteiger partial charge on any atom is 0.311 e. The minimum absolute atomic E-state index is 0.0710. The van der Waals surface area contributed by atoms with Crippen molar-refractivity contribution in [3.63, 3.8) is 0 Å². The highest BCUT2D eigenvalue weighted by Gasteiger charge is 2.17. The summed E-state index contributed by atoms with van der Waals surface area (Å²) in [6.45, 7) is 1.84. The van der Waals surface area contributed by atoms with Gasteiger partial charge in [0.25, 0.3) is 0 Å². The molecule has 4 N–H and O–H groups in total. The Kier molecular flexibility index (Phi) is 4.02. The number of halogens is 1. The third kappa shape index (κ3) is 2.79. The number of benzene rings is 1. The number of anilines is 3. The molecule has 0 atom stereocenters. The van der Waals surface area contributed by atoms with E-state index in [1.165, 1.54) is 12.1 Å². The average Bonchev–Trinajstić information content (AvgIpc) is 2.42. The monoisotopic (exact) mass is 293 g/mol. The summed E-state index contributed by atoms with van der Waals surface area (Å²) in [4.78, 5) is 14.5. The number of nitrogen functional groups attached to an aromatic ring is 1. The Morgan fingerprint density at radius 3 is 2.70 bits per heavy atom. The lowest BCUT2D eigenvalue weighted by Crippen LogP contribution is -2.10. The number of hydrogen-bond donors (Lipinski definition) is 3. The minimum atomic E-state index is -0.526. The van der Waals surface area contributed by atoms with Crippen molar-refractivity contribution in [3.8, 4) is 0 Å².